The molecule has 5 heteroatoms. The second kappa shape index (κ2) is 8.79. The van der Waals surface area contributed by atoms with Crippen molar-refractivity contribution >= 4 is 17.5 Å². The number of hydrogen-bond acceptors (Lipinski definition) is 4. The SMILES string of the molecule is CCN(c1cccc(C)c1)c1nccc(C(=O)NC2CCCCCC2)n1. The smallest absolute Gasteiger partial charge is 0.270 e. The summed E-state index contributed by atoms with van der Waals surface area (Å²) in [4.78, 5) is 23.6. The third-order valence-electron chi connectivity index (χ3n) is 4.94. The van der Waals surface area contributed by atoms with E-state index in [0.717, 1.165) is 25.1 Å². The molecule has 26 heavy (non-hydrogen) atoms. The van der Waals surface area contributed by atoms with E-state index < -0.39 is 0 Å². The highest BCUT2D eigenvalue weighted by atomic mass is 16.1. The Kier molecular flexibility index (Phi) is 6.21. The minimum atomic E-state index is -0.0964. The molecule has 0 radical (unpaired) electrons. The van der Waals surface area contributed by atoms with Crippen LogP contribution in [0, 0.1) is 6.92 Å². The Morgan fingerprint density at radius 3 is 2.65 bits per heavy atom. The Balaban J connectivity index is 1.77. The number of hydrogen-bond donors (Lipinski definition) is 1. The molecule has 1 heterocycles. The fourth-order valence-corrected chi connectivity index (χ4v) is 3.52. The van der Waals surface area contributed by atoms with E-state index in [4.69, 9.17) is 0 Å². The maximum atomic E-state index is 12.7. The van der Waals surface area contributed by atoms with Crippen LogP contribution in [0.2, 0.25) is 0 Å². The second-order valence-electron chi connectivity index (χ2n) is 6.99. The van der Waals surface area contributed by atoms with Gasteiger partial charge in [0.05, 0.1) is 0 Å². The minimum Gasteiger partial charge on any atom is -0.348 e. The fraction of sp³-hybridized carbons (Fsp3) is 0.476. The summed E-state index contributed by atoms with van der Waals surface area (Å²) in [5, 5.41) is 3.16. The van der Waals surface area contributed by atoms with Crippen LogP contribution in [0.5, 0.6) is 0 Å². The van der Waals surface area contributed by atoms with Gasteiger partial charge in [0.15, 0.2) is 0 Å². The number of anilines is 2. The molecule has 2 aromatic rings. The Morgan fingerprint density at radius 1 is 1.19 bits per heavy atom. The van der Waals surface area contributed by atoms with Gasteiger partial charge in [-0.25, -0.2) is 9.97 Å². The highest BCUT2D eigenvalue weighted by Crippen LogP contribution is 2.23. The van der Waals surface area contributed by atoms with Crippen LogP contribution < -0.4 is 10.2 Å². The van der Waals surface area contributed by atoms with Crippen molar-refractivity contribution in [3.05, 3.63) is 47.8 Å². The average molecular weight is 352 g/mol. The number of carbonyl (C=O) groups excluding carboxylic acids is 1. The number of rotatable bonds is 5. The Hall–Kier alpha value is -2.43. The van der Waals surface area contributed by atoms with Gasteiger partial charge in [0.1, 0.15) is 5.69 Å². The summed E-state index contributed by atoms with van der Waals surface area (Å²) < 4.78 is 0. The van der Waals surface area contributed by atoms with Crippen molar-refractivity contribution in [2.75, 3.05) is 11.4 Å². The third kappa shape index (κ3) is 4.59. The first-order valence-electron chi connectivity index (χ1n) is 9.65. The van der Waals surface area contributed by atoms with E-state index in [0.29, 0.717) is 11.6 Å². The Bertz CT molecular complexity index is 738. The largest absolute Gasteiger partial charge is 0.348 e. The van der Waals surface area contributed by atoms with E-state index in [9.17, 15) is 4.79 Å². The lowest BCUT2D eigenvalue weighted by Crippen LogP contribution is -2.35. The van der Waals surface area contributed by atoms with Gasteiger partial charge in [-0.1, -0.05) is 37.8 Å². The monoisotopic (exact) mass is 352 g/mol. The van der Waals surface area contributed by atoms with Gasteiger partial charge in [-0.15, -0.1) is 0 Å². The standard InChI is InChI=1S/C21H28N4O/c1-3-25(18-12-8-9-16(2)15-18)21-22-14-13-19(24-21)20(26)23-17-10-6-4-5-7-11-17/h8-9,12-15,17H,3-7,10-11H2,1-2H3,(H,23,26). The molecule has 3 rings (SSSR count). The molecule has 5 nitrogen and oxygen atoms in total. The van der Waals surface area contributed by atoms with Crippen molar-refractivity contribution in [2.24, 2.45) is 0 Å². The van der Waals surface area contributed by atoms with E-state index in [1.165, 1.54) is 31.2 Å². The maximum absolute atomic E-state index is 12.7. The second-order valence-corrected chi connectivity index (χ2v) is 6.99. The molecule has 138 valence electrons. The van der Waals surface area contributed by atoms with Crippen LogP contribution in [0.15, 0.2) is 36.5 Å². The summed E-state index contributed by atoms with van der Waals surface area (Å²) in [6.45, 7) is 4.86. The zero-order valence-electron chi connectivity index (χ0n) is 15.7. The number of aromatic nitrogens is 2. The van der Waals surface area contributed by atoms with Crippen molar-refractivity contribution in [2.45, 2.75) is 58.4 Å². The average Bonchev–Trinajstić information content (AvgIpc) is 2.91. The van der Waals surface area contributed by atoms with E-state index in [1.807, 2.05) is 17.0 Å². The fourth-order valence-electron chi connectivity index (χ4n) is 3.52. The number of nitrogens with zero attached hydrogens (tertiary/aromatic N) is 3. The van der Waals surface area contributed by atoms with E-state index >= 15 is 0 Å². The van der Waals surface area contributed by atoms with Crippen LogP contribution in [0.3, 0.4) is 0 Å². The van der Waals surface area contributed by atoms with Crippen molar-refractivity contribution in [1.82, 2.24) is 15.3 Å². The zero-order valence-corrected chi connectivity index (χ0v) is 15.7. The molecule has 0 saturated heterocycles. The minimum absolute atomic E-state index is 0.0964. The number of benzene rings is 1. The normalized spacial score (nSPS) is 15.3. The van der Waals surface area contributed by atoms with Gasteiger partial charge in [0, 0.05) is 24.5 Å². The van der Waals surface area contributed by atoms with Crippen LogP contribution in [0.4, 0.5) is 11.6 Å². The van der Waals surface area contributed by atoms with Crippen molar-refractivity contribution in [1.29, 1.82) is 0 Å². The highest BCUT2D eigenvalue weighted by molar-refractivity contribution is 5.92. The van der Waals surface area contributed by atoms with Crippen LogP contribution in [-0.2, 0) is 0 Å². The summed E-state index contributed by atoms with van der Waals surface area (Å²) in [7, 11) is 0. The molecule has 1 aliphatic carbocycles. The molecule has 1 aromatic carbocycles. The van der Waals surface area contributed by atoms with Gasteiger partial charge < -0.3 is 10.2 Å². The summed E-state index contributed by atoms with van der Waals surface area (Å²) >= 11 is 0. The summed E-state index contributed by atoms with van der Waals surface area (Å²) in [5.41, 5.74) is 2.65. The molecule has 0 atom stereocenters. The molecule has 1 saturated carbocycles. The molecule has 0 bridgehead atoms. The maximum Gasteiger partial charge on any atom is 0.270 e. The van der Waals surface area contributed by atoms with Crippen LogP contribution in [-0.4, -0.2) is 28.5 Å². The summed E-state index contributed by atoms with van der Waals surface area (Å²) in [5.74, 6) is 0.465. The van der Waals surface area contributed by atoms with Gasteiger partial charge in [-0.2, -0.15) is 0 Å². The molecule has 1 fully saturated rings. The predicted molar refractivity (Wildman–Crippen MR) is 105 cm³/mol. The molecule has 1 amide bonds. The lowest BCUT2D eigenvalue weighted by Gasteiger charge is -2.22. The third-order valence-corrected chi connectivity index (χ3v) is 4.94. The molecule has 1 N–H and O–H groups in total. The van der Waals surface area contributed by atoms with Crippen LogP contribution >= 0.6 is 0 Å². The molecular weight excluding hydrogens is 324 g/mol. The molecule has 1 aromatic heterocycles. The molecule has 1 aliphatic rings. The summed E-state index contributed by atoms with van der Waals surface area (Å²) in [6, 6.07) is 10.2. The summed E-state index contributed by atoms with van der Waals surface area (Å²) in [6.07, 6.45) is 8.72. The van der Waals surface area contributed by atoms with Crippen molar-refractivity contribution < 1.29 is 4.79 Å². The van der Waals surface area contributed by atoms with Gasteiger partial charge in [-0.3, -0.25) is 4.79 Å². The first-order chi connectivity index (χ1) is 12.7. The molecule has 0 unspecified atom stereocenters. The molecule has 0 spiro atoms. The molecular formula is C21H28N4O. The lowest BCUT2D eigenvalue weighted by molar-refractivity contribution is 0.0928. The van der Waals surface area contributed by atoms with E-state index in [1.54, 1.807) is 12.3 Å². The van der Waals surface area contributed by atoms with E-state index in [-0.39, 0.29) is 11.9 Å². The quantitative estimate of drug-likeness (QED) is 0.811. The number of nitrogens with one attached hydrogen (secondary N) is 1. The van der Waals surface area contributed by atoms with Crippen LogP contribution in [0.1, 0.15) is 61.5 Å². The zero-order chi connectivity index (χ0) is 18.4. The highest BCUT2D eigenvalue weighted by Gasteiger charge is 2.18. The first kappa shape index (κ1) is 18.4. The van der Waals surface area contributed by atoms with Gasteiger partial charge >= 0.3 is 0 Å². The molecule has 0 aliphatic heterocycles. The Morgan fingerprint density at radius 2 is 1.96 bits per heavy atom. The first-order valence-corrected chi connectivity index (χ1v) is 9.65. The topological polar surface area (TPSA) is 58.1 Å². The van der Waals surface area contributed by atoms with Crippen LogP contribution in [0.25, 0.3) is 0 Å². The van der Waals surface area contributed by atoms with Gasteiger partial charge in [0.2, 0.25) is 5.95 Å². The van der Waals surface area contributed by atoms with Gasteiger partial charge in [-0.05, 0) is 50.5 Å². The van der Waals surface area contributed by atoms with Crippen molar-refractivity contribution in [3.8, 4) is 0 Å². The number of amides is 1. The number of aryl methyl sites for hydroxylation is 1. The van der Waals surface area contributed by atoms with Crippen molar-refractivity contribution in [3.63, 3.8) is 0 Å². The van der Waals surface area contributed by atoms with Gasteiger partial charge in [0.25, 0.3) is 5.91 Å². The predicted octanol–water partition coefficient (Wildman–Crippen LogP) is 4.40. The lowest BCUT2D eigenvalue weighted by atomic mass is 10.1. The Labute approximate surface area is 155 Å². The number of carbonyl (C=O) groups is 1. The van der Waals surface area contributed by atoms with E-state index in [2.05, 4.69) is 41.3 Å².